The lowest BCUT2D eigenvalue weighted by Crippen LogP contribution is -2.29. The Bertz CT molecular complexity index is 336. The van der Waals surface area contributed by atoms with E-state index in [2.05, 4.69) is 51.2 Å². The molecule has 17 heavy (non-hydrogen) atoms. The maximum absolute atomic E-state index is 5.94. The van der Waals surface area contributed by atoms with Gasteiger partial charge in [0.1, 0.15) is 11.9 Å². The molecule has 1 aromatic rings. The molecule has 0 heterocycles. The SMILES string of the molecule is CCCCNCC(C)Oc1cc(C)ccc1C. The van der Waals surface area contributed by atoms with Gasteiger partial charge in [-0.2, -0.15) is 0 Å². The molecule has 0 saturated heterocycles. The van der Waals surface area contributed by atoms with Crippen molar-refractivity contribution in [3.05, 3.63) is 29.3 Å². The molecule has 1 atom stereocenters. The molecule has 1 aromatic carbocycles. The largest absolute Gasteiger partial charge is 0.489 e. The van der Waals surface area contributed by atoms with Crippen LogP contribution in [0.15, 0.2) is 18.2 Å². The predicted octanol–water partition coefficient (Wildman–Crippen LogP) is 3.46. The summed E-state index contributed by atoms with van der Waals surface area (Å²) >= 11 is 0. The monoisotopic (exact) mass is 235 g/mol. The molecule has 0 aliphatic heterocycles. The van der Waals surface area contributed by atoms with Gasteiger partial charge in [-0.05, 0) is 50.9 Å². The molecule has 1 N–H and O–H groups in total. The van der Waals surface area contributed by atoms with Gasteiger partial charge in [-0.3, -0.25) is 0 Å². The van der Waals surface area contributed by atoms with E-state index in [1.54, 1.807) is 0 Å². The van der Waals surface area contributed by atoms with Crippen molar-refractivity contribution < 1.29 is 4.74 Å². The minimum atomic E-state index is 0.215. The van der Waals surface area contributed by atoms with Crippen LogP contribution in [0.1, 0.15) is 37.8 Å². The average molecular weight is 235 g/mol. The lowest BCUT2D eigenvalue weighted by atomic mass is 10.1. The molecule has 0 aliphatic carbocycles. The van der Waals surface area contributed by atoms with Gasteiger partial charge in [-0.25, -0.2) is 0 Å². The van der Waals surface area contributed by atoms with E-state index in [1.807, 2.05) is 0 Å². The number of unbranched alkanes of at least 4 members (excludes halogenated alkanes) is 1. The van der Waals surface area contributed by atoms with E-state index in [9.17, 15) is 0 Å². The van der Waals surface area contributed by atoms with Crippen LogP contribution in [-0.4, -0.2) is 19.2 Å². The number of rotatable bonds is 7. The summed E-state index contributed by atoms with van der Waals surface area (Å²) in [5, 5.41) is 3.42. The van der Waals surface area contributed by atoms with Crippen molar-refractivity contribution in [2.75, 3.05) is 13.1 Å². The summed E-state index contributed by atoms with van der Waals surface area (Å²) in [5.41, 5.74) is 2.45. The fraction of sp³-hybridized carbons (Fsp3) is 0.600. The molecule has 0 fully saturated rings. The van der Waals surface area contributed by atoms with Crippen LogP contribution in [0.2, 0.25) is 0 Å². The highest BCUT2D eigenvalue weighted by Gasteiger charge is 2.06. The maximum Gasteiger partial charge on any atom is 0.122 e. The first-order valence-electron chi connectivity index (χ1n) is 6.58. The average Bonchev–Trinajstić information content (AvgIpc) is 2.29. The lowest BCUT2D eigenvalue weighted by Gasteiger charge is -2.17. The molecule has 2 nitrogen and oxygen atoms in total. The van der Waals surface area contributed by atoms with Crippen LogP contribution in [0.5, 0.6) is 5.75 Å². The first kappa shape index (κ1) is 14.0. The molecule has 1 unspecified atom stereocenters. The fourth-order valence-corrected chi connectivity index (χ4v) is 1.70. The Morgan fingerprint density at radius 2 is 2.06 bits per heavy atom. The summed E-state index contributed by atoms with van der Waals surface area (Å²) in [6.07, 6.45) is 2.68. The van der Waals surface area contributed by atoms with E-state index >= 15 is 0 Å². The molecule has 0 bridgehead atoms. The third kappa shape index (κ3) is 5.22. The normalized spacial score (nSPS) is 12.5. The van der Waals surface area contributed by atoms with Crippen molar-refractivity contribution in [1.29, 1.82) is 0 Å². The topological polar surface area (TPSA) is 21.3 Å². The molecule has 96 valence electrons. The molecule has 0 radical (unpaired) electrons. The van der Waals surface area contributed by atoms with Gasteiger partial charge in [0, 0.05) is 6.54 Å². The molecule has 0 amide bonds. The summed E-state index contributed by atoms with van der Waals surface area (Å²) in [5.74, 6) is 1.01. The number of ether oxygens (including phenoxy) is 1. The van der Waals surface area contributed by atoms with Gasteiger partial charge in [0.15, 0.2) is 0 Å². The van der Waals surface area contributed by atoms with Gasteiger partial charge in [0.2, 0.25) is 0 Å². The summed E-state index contributed by atoms with van der Waals surface area (Å²) < 4.78 is 5.94. The number of hydrogen-bond acceptors (Lipinski definition) is 2. The summed E-state index contributed by atoms with van der Waals surface area (Å²) in [7, 11) is 0. The zero-order valence-corrected chi connectivity index (χ0v) is 11.5. The van der Waals surface area contributed by atoms with Gasteiger partial charge >= 0.3 is 0 Å². The van der Waals surface area contributed by atoms with Gasteiger partial charge in [-0.1, -0.05) is 25.5 Å². The standard InChI is InChI=1S/C15H25NO/c1-5-6-9-16-11-14(4)17-15-10-12(2)7-8-13(15)3/h7-8,10,14,16H,5-6,9,11H2,1-4H3. The van der Waals surface area contributed by atoms with Gasteiger partial charge < -0.3 is 10.1 Å². The summed E-state index contributed by atoms with van der Waals surface area (Å²) in [6.45, 7) is 10.5. The first-order chi connectivity index (χ1) is 8.13. The second kappa shape index (κ2) is 7.33. The van der Waals surface area contributed by atoms with Gasteiger partial charge in [0.25, 0.3) is 0 Å². The Kier molecular flexibility index (Phi) is 6.06. The highest BCUT2D eigenvalue weighted by atomic mass is 16.5. The quantitative estimate of drug-likeness (QED) is 0.731. The van der Waals surface area contributed by atoms with Gasteiger partial charge in [0.05, 0.1) is 0 Å². The van der Waals surface area contributed by atoms with Crippen molar-refractivity contribution >= 4 is 0 Å². The Hall–Kier alpha value is -1.02. The first-order valence-corrected chi connectivity index (χ1v) is 6.58. The Morgan fingerprint density at radius 1 is 1.29 bits per heavy atom. The van der Waals surface area contributed by atoms with E-state index < -0.39 is 0 Å². The minimum absolute atomic E-state index is 0.215. The van der Waals surface area contributed by atoms with Crippen LogP contribution < -0.4 is 10.1 Å². The van der Waals surface area contributed by atoms with Crippen molar-refractivity contribution in [3.8, 4) is 5.75 Å². The molecular weight excluding hydrogens is 210 g/mol. The van der Waals surface area contributed by atoms with Crippen LogP contribution >= 0.6 is 0 Å². The summed E-state index contributed by atoms with van der Waals surface area (Å²) in [6, 6.07) is 6.34. The highest BCUT2D eigenvalue weighted by Crippen LogP contribution is 2.20. The van der Waals surface area contributed by atoms with Crippen LogP contribution in [0.3, 0.4) is 0 Å². The summed E-state index contributed by atoms with van der Waals surface area (Å²) in [4.78, 5) is 0. The van der Waals surface area contributed by atoms with E-state index in [0.29, 0.717) is 0 Å². The van der Waals surface area contributed by atoms with Crippen molar-refractivity contribution in [2.45, 2.75) is 46.6 Å². The lowest BCUT2D eigenvalue weighted by molar-refractivity contribution is 0.215. The Labute approximate surface area is 105 Å². The van der Waals surface area contributed by atoms with Crippen molar-refractivity contribution in [1.82, 2.24) is 5.32 Å². The molecule has 0 saturated carbocycles. The molecule has 1 rings (SSSR count). The van der Waals surface area contributed by atoms with Crippen molar-refractivity contribution in [2.24, 2.45) is 0 Å². The number of nitrogens with one attached hydrogen (secondary N) is 1. The molecule has 0 aromatic heterocycles. The minimum Gasteiger partial charge on any atom is -0.489 e. The maximum atomic E-state index is 5.94. The predicted molar refractivity (Wildman–Crippen MR) is 73.8 cm³/mol. The van der Waals surface area contributed by atoms with E-state index in [4.69, 9.17) is 4.74 Å². The van der Waals surface area contributed by atoms with E-state index in [-0.39, 0.29) is 6.10 Å². The second-order valence-corrected chi connectivity index (χ2v) is 4.76. The smallest absolute Gasteiger partial charge is 0.122 e. The zero-order chi connectivity index (χ0) is 12.7. The van der Waals surface area contributed by atoms with Crippen LogP contribution in [0.25, 0.3) is 0 Å². The van der Waals surface area contributed by atoms with Crippen LogP contribution in [-0.2, 0) is 0 Å². The van der Waals surface area contributed by atoms with Crippen LogP contribution in [0.4, 0.5) is 0 Å². The third-order valence-corrected chi connectivity index (χ3v) is 2.81. The Morgan fingerprint density at radius 3 is 2.76 bits per heavy atom. The number of aryl methyl sites for hydroxylation is 2. The molecule has 2 heteroatoms. The number of benzene rings is 1. The molecule has 0 spiro atoms. The van der Waals surface area contributed by atoms with E-state index in [0.717, 1.165) is 18.8 Å². The highest BCUT2D eigenvalue weighted by molar-refractivity contribution is 5.36. The van der Waals surface area contributed by atoms with Crippen LogP contribution in [0, 0.1) is 13.8 Å². The molecule has 0 aliphatic rings. The number of hydrogen-bond donors (Lipinski definition) is 1. The third-order valence-electron chi connectivity index (χ3n) is 2.81. The van der Waals surface area contributed by atoms with E-state index in [1.165, 1.54) is 24.0 Å². The second-order valence-electron chi connectivity index (χ2n) is 4.76. The zero-order valence-electron chi connectivity index (χ0n) is 11.5. The van der Waals surface area contributed by atoms with Crippen molar-refractivity contribution in [3.63, 3.8) is 0 Å². The Balaban J connectivity index is 2.39. The van der Waals surface area contributed by atoms with Gasteiger partial charge in [-0.15, -0.1) is 0 Å². The fourth-order valence-electron chi connectivity index (χ4n) is 1.70. The molecular formula is C15H25NO.